The van der Waals surface area contributed by atoms with Gasteiger partial charge in [-0.2, -0.15) is 5.10 Å². The van der Waals surface area contributed by atoms with Crippen molar-refractivity contribution in [2.45, 2.75) is 19.9 Å². The standard InChI is InChI=1S/C22H20ClN3O/c1-15-5-7-16(8-6-15)9-10-21(27)26-12-11-20-19(14-26)22(25-24-20)17-3-2-4-18(23)13-17/h2-10,13H,11-12,14H2,1H3,(H,24,25)/b10-9+. The van der Waals surface area contributed by atoms with E-state index in [0.717, 1.165) is 34.5 Å². The first-order chi connectivity index (χ1) is 13.1. The van der Waals surface area contributed by atoms with Crippen LogP contribution in [0.3, 0.4) is 0 Å². The van der Waals surface area contributed by atoms with Crippen LogP contribution in [0.15, 0.2) is 54.6 Å². The highest BCUT2D eigenvalue weighted by atomic mass is 35.5. The number of nitrogens with one attached hydrogen (secondary N) is 1. The molecule has 0 saturated carbocycles. The molecule has 0 atom stereocenters. The second-order valence-electron chi connectivity index (χ2n) is 6.79. The summed E-state index contributed by atoms with van der Waals surface area (Å²) in [7, 11) is 0. The molecule has 2 aromatic carbocycles. The zero-order valence-corrected chi connectivity index (χ0v) is 15.8. The zero-order valence-electron chi connectivity index (χ0n) is 15.1. The molecule has 136 valence electrons. The Kier molecular flexibility index (Phi) is 4.82. The second kappa shape index (κ2) is 7.41. The Morgan fingerprint density at radius 3 is 2.81 bits per heavy atom. The lowest BCUT2D eigenvalue weighted by Gasteiger charge is -2.26. The van der Waals surface area contributed by atoms with Crippen LogP contribution in [-0.2, 0) is 17.8 Å². The number of carbonyl (C=O) groups is 1. The van der Waals surface area contributed by atoms with Crippen molar-refractivity contribution in [3.63, 3.8) is 0 Å². The van der Waals surface area contributed by atoms with Gasteiger partial charge in [0.1, 0.15) is 0 Å². The number of amides is 1. The van der Waals surface area contributed by atoms with Crippen molar-refractivity contribution in [2.24, 2.45) is 0 Å². The SMILES string of the molecule is Cc1ccc(/C=C/C(=O)N2CCc3[nH]nc(-c4cccc(Cl)c4)c3C2)cc1. The van der Waals surface area contributed by atoms with Gasteiger partial charge in [-0.3, -0.25) is 9.89 Å². The molecule has 0 unspecified atom stereocenters. The molecular formula is C22H20ClN3O. The van der Waals surface area contributed by atoms with Crippen LogP contribution in [0.25, 0.3) is 17.3 Å². The molecule has 0 radical (unpaired) electrons. The molecule has 3 aromatic rings. The highest BCUT2D eigenvalue weighted by Crippen LogP contribution is 2.29. The van der Waals surface area contributed by atoms with E-state index in [1.165, 1.54) is 5.56 Å². The molecule has 0 bridgehead atoms. The highest BCUT2D eigenvalue weighted by molar-refractivity contribution is 6.30. The average Bonchev–Trinajstić information content (AvgIpc) is 3.10. The summed E-state index contributed by atoms with van der Waals surface area (Å²) in [6.07, 6.45) is 4.28. The molecule has 5 heteroatoms. The fraction of sp³-hybridized carbons (Fsp3) is 0.182. The lowest BCUT2D eigenvalue weighted by molar-refractivity contribution is -0.126. The lowest BCUT2D eigenvalue weighted by atomic mass is 10.0. The van der Waals surface area contributed by atoms with Crippen molar-refractivity contribution in [3.8, 4) is 11.3 Å². The predicted molar refractivity (Wildman–Crippen MR) is 108 cm³/mol. The van der Waals surface area contributed by atoms with Gasteiger partial charge in [0.05, 0.1) is 5.69 Å². The number of aromatic nitrogens is 2. The third-order valence-electron chi connectivity index (χ3n) is 4.84. The maximum Gasteiger partial charge on any atom is 0.246 e. The monoisotopic (exact) mass is 377 g/mol. The van der Waals surface area contributed by atoms with Gasteiger partial charge < -0.3 is 4.90 Å². The number of H-pyrrole nitrogens is 1. The minimum Gasteiger partial charge on any atom is -0.334 e. The van der Waals surface area contributed by atoms with Crippen LogP contribution in [0.1, 0.15) is 22.4 Å². The number of fused-ring (bicyclic) bond motifs is 1. The summed E-state index contributed by atoms with van der Waals surface area (Å²) in [5.74, 6) is 0.0134. The Labute approximate surface area is 163 Å². The summed E-state index contributed by atoms with van der Waals surface area (Å²) < 4.78 is 0. The van der Waals surface area contributed by atoms with Crippen LogP contribution in [0.2, 0.25) is 5.02 Å². The van der Waals surface area contributed by atoms with Crippen LogP contribution in [0, 0.1) is 6.92 Å². The first-order valence-electron chi connectivity index (χ1n) is 8.96. The van der Waals surface area contributed by atoms with E-state index in [2.05, 4.69) is 10.2 Å². The lowest BCUT2D eigenvalue weighted by Crippen LogP contribution is -2.34. The van der Waals surface area contributed by atoms with E-state index in [4.69, 9.17) is 11.6 Å². The van der Waals surface area contributed by atoms with E-state index in [0.29, 0.717) is 18.1 Å². The molecule has 0 saturated heterocycles. The Morgan fingerprint density at radius 1 is 1.22 bits per heavy atom. The van der Waals surface area contributed by atoms with Gasteiger partial charge in [0.15, 0.2) is 0 Å². The Balaban J connectivity index is 1.53. The van der Waals surface area contributed by atoms with E-state index in [9.17, 15) is 4.79 Å². The van der Waals surface area contributed by atoms with Gasteiger partial charge in [-0.1, -0.05) is 53.6 Å². The van der Waals surface area contributed by atoms with Crippen molar-refractivity contribution in [2.75, 3.05) is 6.54 Å². The summed E-state index contributed by atoms with van der Waals surface area (Å²) in [5.41, 5.74) is 6.22. The topological polar surface area (TPSA) is 49.0 Å². The molecule has 27 heavy (non-hydrogen) atoms. The first-order valence-corrected chi connectivity index (χ1v) is 9.33. The highest BCUT2D eigenvalue weighted by Gasteiger charge is 2.24. The van der Waals surface area contributed by atoms with Crippen molar-refractivity contribution < 1.29 is 4.79 Å². The molecule has 1 aromatic heterocycles. The number of aryl methyl sites for hydroxylation is 1. The number of hydrogen-bond acceptors (Lipinski definition) is 2. The van der Waals surface area contributed by atoms with Crippen LogP contribution >= 0.6 is 11.6 Å². The molecule has 0 spiro atoms. The molecule has 0 aliphatic carbocycles. The van der Waals surface area contributed by atoms with E-state index in [1.807, 2.05) is 66.4 Å². The molecule has 4 rings (SSSR count). The third-order valence-corrected chi connectivity index (χ3v) is 5.07. The number of halogens is 1. The zero-order chi connectivity index (χ0) is 18.8. The van der Waals surface area contributed by atoms with E-state index in [1.54, 1.807) is 6.08 Å². The molecule has 0 fully saturated rings. The smallest absolute Gasteiger partial charge is 0.246 e. The van der Waals surface area contributed by atoms with Gasteiger partial charge in [0.2, 0.25) is 5.91 Å². The van der Waals surface area contributed by atoms with Crippen molar-refractivity contribution in [1.29, 1.82) is 0 Å². The molecule has 1 aliphatic rings. The summed E-state index contributed by atoms with van der Waals surface area (Å²) >= 11 is 6.12. The number of hydrogen-bond donors (Lipinski definition) is 1. The third kappa shape index (κ3) is 3.81. The van der Waals surface area contributed by atoms with Gasteiger partial charge in [-0.05, 0) is 30.7 Å². The summed E-state index contributed by atoms with van der Waals surface area (Å²) in [6.45, 7) is 3.28. The quantitative estimate of drug-likeness (QED) is 0.676. The van der Waals surface area contributed by atoms with Gasteiger partial charge in [0, 0.05) is 47.4 Å². The van der Waals surface area contributed by atoms with Crippen LogP contribution in [0.4, 0.5) is 0 Å². The number of rotatable bonds is 3. The minimum absolute atomic E-state index is 0.0134. The molecular weight excluding hydrogens is 358 g/mol. The fourth-order valence-electron chi connectivity index (χ4n) is 3.31. The Morgan fingerprint density at radius 2 is 2.04 bits per heavy atom. The molecule has 4 nitrogen and oxygen atoms in total. The second-order valence-corrected chi connectivity index (χ2v) is 7.23. The van der Waals surface area contributed by atoms with E-state index < -0.39 is 0 Å². The van der Waals surface area contributed by atoms with Crippen molar-refractivity contribution in [1.82, 2.24) is 15.1 Å². The van der Waals surface area contributed by atoms with Gasteiger partial charge in [-0.15, -0.1) is 0 Å². The summed E-state index contributed by atoms with van der Waals surface area (Å²) in [4.78, 5) is 14.5. The fourth-order valence-corrected chi connectivity index (χ4v) is 3.50. The number of aromatic amines is 1. The molecule has 1 N–H and O–H groups in total. The minimum atomic E-state index is 0.0134. The van der Waals surface area contributed by atoms with Gasteiger partial charge in [0.25, 0.3) is 0 Å². The Hall–Kier alpha value is -2.85. The van der Waals surface area contributed by atoms with E-state index in [-0.39, 0.29) is 5.91 Å². The first kappa shape index (κ1) is 17.6. The van der Waals surface area contributed by atoms with Gasteiger partial charge >= 0.3 is 0 Å². The summed E-state index contributed by atoms with van der Waals surface area (Å²) in [5, 5.41) is 8.26. The van der Waals surface area contributed by atoms with Crippen molar-refractivity contribution >= 4 is 23.6 Å². The van der Waals surface area contributed by atoms with Crippen LogP contribution in [-0.4, -0.2) is 27.5 Å². The van der Waals surface area contributed by atoms with E-state index >= 15 is 0 Å². The number of nitrogens with zero attached hydrogens (tertiary/aromatic N) is 2. The van der Waals surface area contributed by atoms with Crippen molar-refractivity contribution in [3.05, 3.63) is 82.0 Å². The maximum absolute atomic E-state index is 12.7. The molecule has 1 aliphatic heterocycles. The maximum atomic E-state index is 12.7. The van der Waals surface area contributed by atoms with Crippen LogP contribution < -0.4 is 0 Å². The Bertz CT molecular complexity index is 1000. The van der Waals surface area contributed by atoms with Gasteiger partial charge in [-0.25, -0.2) is 0 Å². The summed E-state index contributed by atoms with van der Waals surface area (Å²) in [6, 6.07) is 15.8. The normalized spacial score (nSPS) is 13.8. The molecule has 1 amide bonds. The largest absolute Gasteiger partial charge is 0.334 e. The van der Waals surface area contributed by atoms with Crippen LogP contribution in [0.5, 0.6) is 0 Å². The number of benzene rings is 2. The molecule has 2 heterocycles. The number of carbonyl (C=O) groups excluding carboxylic acids is 1. The predicted octanol–water partition coefficient (Wildman–Crippen LogP) is 4.64. The average molecular weight is 378 g/mol.